The van der Waals surface area contributed by atoms with Gasteiger partial charge in [0.1, 0.15) is 0 Å². The van der Waals surface area contributed by atoms with Gasteiger partial charge in [0.25, 0.3) is 0 Å². The van der Waals surface area contributed by atoms with Crippen LogP contribution < -0.4 is 5.32 Å². The minimum absolute atomic E-state index is 0.0177. The number of methoxy groups -OCH3 is 1. The molecular weight excluding hydrogens is 300 g/mol. The van der Waals surface area contributed by atoms with Crippen molar-refractivity contribution in [3.05, 3.63) is 29.3 Å². The number of nitrogens with zero attached hydrogens (tertiary/aromatic N) is 1. The number of carbonyl (C=O) groups is 1. The van der Waals surface area contributed by atoms with Crippen LogP contribution in [0.2, 0.25) is 5.02 Å². The predicted molar refractivity (Wildman–Crippen MR) is 90.4 cm³/mol. The molecule has 0 aromatic heterocycles. The van der Waals surface area contributed by atoms with Crippen molar-refractivity contribution < 1.29 is 9.53 Å². The van der Waals surface area contributed by atoms with Crippen molar-refractivity contribution in [1.29, 1.82) is 0 Å². The molecule has 1 unspecified atom stereocenters. The molecule has 0 saturated carbocycles. The molecule has 1 atom stereocenters. The highest BCUT2D eigenvalue weighted by Crippen LogP contribution is 2.22. The highest BCUT2D eigenvalue weighted by Gasteiger charge is 2.22. The Balaban J connectivity index is 1.80. The quantitative estimate of drug-likeness (QED) is 0.833. The van der Waals surface area contributed by atoms with Crippen molar-refractivity contribution >= 4 is 23.2 Å². The molecule has 1 aromatic rings. The van der Waals surface area contributed by atoms with E-state index in [-0.39, 0.29) is 5.91 Å². The molecule has 4 nitrogen and oxygen atoms in total. The SMILES string of the molecule is COCCC1CCCCN1CCC(=O)Nc1ccccc1Cl. The van der Waals surface area contributed by atoms with Crippen molar-refractivity contribution in [3.63, 3.8) is 0 Å². The molecule has 2 rings (SSSR count). The zero-order chi connectivity index (χ0) is 15.8. The molecule has 1 aromatic carbocycles. The summed E-state index contributed by atoms with van der Waals surface area (Å²) in [6, 6.07) is 7.87. The van der Waals surface area contributed by atoms with Crippen LogP contribution in [0.1, 0.15) is 32.1 Å². The monoisotopic (exact) mass is 324 g/mol. The van der Waals surface area contributed by atoms with E-state index < -0.39 is 0 Å². The molecule has 1 amide bonds. The highest BCUT2D eigenvalue weighted by atomic mass is 35.5. The summed E-state index contributed by atoms with van der Waals surface area (Å²) in [6.07, 6.45) is 5.24. The smallest absolute Gasteiger partial charge is 0.225 e. The van der Waals surface area contributed by atoms with E-state index in [9.17, 15) is 4.79 Å². The number of benzene rings is 1. The maximum Gasteiger partial charge on any atom is 0.225 e. The number of hydrogen-bond donors (Lipinski definition) is 1. The minimum atomic E-state index is 0.0177. The van der Waals surface area contributed by atoms with Gasteiger partial charge in [-0.1, -0.05) is 30.2 Å². The number of ether oxygens (including phenoxy) is 1. The summed E-state index contributed by atoms with van der Waals surface area (Å²) in [5.74, 6) is 0.0177. The number of amides is 1. The van der Waals surface area contributed by atoms with E-state index in [1.807, 2.05) is 18.2 Å². The first-order valence-electron chi connectivity index (χ1n) is 7.98. The third kappa shape index (κ3) is 5.27. The Morgan fingerprint density at radius 3 is 3.00 bits per heavy atom. The van der Waals surface area contributed by atoms with Gasteiger partial charge in [-0.15, -0.1) is 0 Å². The van der Waals surface area contributed by atoms with Crippen LogP contribution in [0.15, 0.2) is 24.3 Å². The zero-order valence-corrected chi connectivity index (χ0v) is 13.9. The molecule has 1 fully saturated rings. The lowest BCUT2D eigenvalue weighted by Crippen LogP contribution is -2.41. The van der Waals surface area contributed by atoms with Crippen molar-refractivity contribution in [1.82, 2.24) is 4.90 Å². The summed E-state index contributed by atoms with van der Waals surface area (Å²) in [5.41, 5.74) is 0.684. The van der Waals surface area contributed by atoms with Crippen LogP contribution in [0.5, 0.6) is 0 Å². The third-order valence-electron chi connectivity index (χ3n) is 4.18. The first-order valence-corrected chi connectivity index (χ1v) is 8.36. The van der Waals surface area contributed by atoms with Gasteiger partial charge in [-0.25, -0.2) is 0 Å². The molecule has 0 radical (unpaired) electrons. The molecule has 1 aliphatic heterocycles. The Morgan fingerprint density at radius 1 is 1.41 bits per heavy atom. The topological polar surface area (TPSA) is 41.6 Å². The summed E-state index contributed by atoms with van der Waals surface area (Å²) >= 11 is 6.06. The maximum atomic E-state index is 12.1. The average Bonchev–Trinajstić information content (AvgIpc) is 2.54. The fourth-order valence-corrected chi connectivity index (χ4v) is 3.14. The Kier molecular flexibility index (Phi) is 7.16. The van der Waals surface area contributed by atoms with Crippen LogP contribution >= 0.6 is 11.6 Å². The number of para-hydroxylation sites is 1. The van der Waals surface area contributed by atoms with Crippen molar-refractivity contribution in [2.75, 3.05) is 32.1 Å². The zero-order valence-electron chi connectivity index (χ0n) is 13.2. The molecule has 1 N–H and O–H groups in total. The lowest BCUT2D eigenvalue weighted by atomic mass is 9.99. The Morgan fingerprint density at radius 2 is 2.23 bits per heavy atom. The molecule has 122 valence electrons. The molecule has 1 heterocycles. The van der Waals surface area contributed by atoms with Gasteiger partial charge < -0.3 is 10.1 Å². The van der Waals surface area contributed by atoms with E-state index in [1.165, 1.54) is 19.3 Å². The van der Waals surface area contributed by atoms with Gasteiger partial charge in [0.05, 0.1) is 10.7 Å². The van der Waals surface area contributed by atoms with E-state index in [4.69, 9.17) is 16.3 Å². The fraction of sp³-hybridized carbons (Fsp3) is 0.588. The van der Waals surface area contributed by atoms with Crippen LogP contribution in [-0.4, -0.2) is 43.7 Å². The Labute approximate surface area is 137 Å². The predicted octanol–water partition coefficient (Wildman–Crippen LogP) is 3.56. The van der Waals surface area contributed by atoms with Crippen molar-refractivity contribution in [2.24, 2.45) is 0 Å². The Hall–Kier alpha value is -1.10. The van der Waals surface area contributed by atoms with Crippen LogP contribution in [0, 0.1) is 0 Å². The van der Waals surface area contributed by atoms with Crippen LogP contribution in [-0.2, 0) is 9.53 Å². The van der Waals surface area contributed by atoms with Crippen LogP contribution in [0.3, 0.4) is 0 Å². The standard InChI is InChI=1S/C17H25ClN2O2/c1-22-13-10-14-6-4-5-11-20(14)12-9-17(21)19-16-8-3-2-7-15(16)18/h2-3,7-8,14H,4-6,9-13H2,1H3,(H,19,21). The largest absolute Gasteiger partial charge is 0.385 e. The van der Waals surface area contributed by atoms with E-state index >= 15 is 0 Å². The number of likely N-dealkylation sites (tertiary alicyclic amines) is 1. The minimum Gasteiger partial charge on any atom is -0.385 e. The second-order valence-corrected chi connectivity index (χ2v) is 6.15. The summed E-state index contributed by atoms with van der Waals surface area (Å²) < 4.78 is 5.19. The number of piperidine rings is 1. The van der Waals surface area contributed by atoms with E-state index in [1.54, 1.807) is 13.2 Å². The summed E-state index contributed by atoms with van der Waals surface area (Å²) in [6.45, 7) is 2.66. The first-order chi connectivity index (χ1) is 10.7. The molecule has 0 aliphatic carbocycles. The lowest BCUT2D eigenvalue weighted by molar-refractivity contribution is -0.116. The van der Waals surface area contributed by atoms with Gasteiger partial charge in [-0.2, -0.15) is 0 Å². The van der Waals surface area contributed by atoms with Gasteiger partial charge in [-0.05, 0) is 37.9 Å². The second kappa shape index (κ2) is 9.13. The molecule has 22 heavy (non-hydrogen) atoms. The molecule has 1 saturated heterocycles. The van der Waals surface area contributed by atoms with Gasteiger partial charge >= 0.3 is 0 Å². The van der Waals surface area contributed by atoms with E-state index in [0.717, 1.165) is 26.1 Å². The molecule has 0 spiro atoms. The lowest BCUT2D eigenvalue weighted by Gasteiger charge is -2.35. The third-order valence-corrected chi connectivity index (χ3v) is 4.51. The summed E-state index contributed by atoms with van der Waals surface area (Å²) in [5, 5.41) is 3.46. The van der Waals surface area contributed by atoms with Crippen molar-refractivity contribution in [3.8, 4) is 0 Å². The maximum absolute atomic E-state index is 12.1. The van der Waals surface area contributed by atoms with Gasteiger partial charge in [0.2, 0.25) is 5.91 Å². The first kappa shape index (κ1) is 17.3. The van der Waals surface area contributed by atoms with Crippen LogP contribution in [0.25, 0.3) is 0 Å². The second-order valence-electron chi connectivity index (χ2n) is 5.75. The van der Waals surface area contributed by atoms with Crippen LogP contribution in [0.4, 0.5) is 5.69 Å². The molecule has 0 bridgehead atoms. The number of carbonyl (C=O) groups excluding carboxylic acids is 1. The van der Waals surface area contributed by atoms with Gasteiger partial charge in [-0.3, -0.25) is 9.69 Å². The normalized spacial score (nSPS) is 19.1. The number of hydrogen-bond acceptors (Lipinski definition) is 3. The Bertz CT molecular complexity index is 481. The molecular formula is C17H25ClN2O2. The van der Waals surface area contributed by atoms with E-state index in [0.29, 0.717) is 23.2 Å². The van der Waals surface area contributed by atoms with Crippen molar-refractivity contribution in [2.45, 2.75) is 38.1 Å². The summed E-state index contributed by atoms with van der Waals surface area (Å²) in [7, 11) is 1.74. The molecule has 5 heteroatoms. The van der Waals surface area contributed by atoms with E-state index in [2.05, 4.69) is 10.2 Å². The number of rotatable bonds is 7. The average molecular weight is 325 g/mol. The summed E-state index contributed by atoms with van der Waals surface area (Å²) in [4.78, 5) is 14.5. The van der Waals surface area contributed by atoms with Gasteiger partial charge in [0, 0.05) is 32.7 Å². The van der Waals surface area contributed by atoms with Gasteiger partial charge in [0.15, 0.2) is 0 Å². The molecule has 1 aliphatic rings. The number of halogens is 1. The number of anilines is 1. The highest BCUT2D eigenvalue weighted by molar-refractivity contribution is 6.33. The number of nitrogens with one attached hydrogen (secondary N) is 1. The fourth-order valence-electron chi connectivity index (χ4n) is 2.96.